The number of β-amino-alcohol motifs (C(OH)–C–C–N with tert-alkyl or cyclic N) is 1. The van der Waals surface area contributed by atoms with Crippen LogP contribution in [0.1, 0.15) is 19.8 Å². The summed E-state index contributed by atoms with van der Waals surface area (Å²) < 4.78 is 0. The number of piperidine rings is 1. The van der Waals surface area contributed by atoms with Gasteiger partial charge in [0.05, 0.1) is 10.9 Å². The molecular formula is C8H14BrNO2. The maximum Gasteiger partial charge on any atom is 0.233 e. The summed E-state index contributed by atoms with van der Waals surface area (Å²) in [4.78, 5) is 12.9. The van der Waals surface area contributed by atoms with E-state index in [2.05, 4.69) is 15.9 Å². The number of hydrogen-bond donors (Lipinski definition) is 1. The second-order valence-electron chi connectivity index (χ2n) is 3.55. The van der Waals surface area contributed by atoms with Crippen molar-refractivity contribution in [3.63, 3.8) is 0 Å². The molecule has 1 aliphatic heterocycles. The summed E-state index contributed by atoms with van der Waals surface area (Å²) in [7, 11) is 0. The normalized spacial score (nSPS) is 30.4. The van der Waals surface area contributed by atoms with Crippen molar-refractivity contribution < 1.29 is 9.90 Å². The van der Waals surface area contributed by atoms with Crippen molar-refractivity contribution >= 4 is 21.8 Å². The first-order valence-electron chi connectivity index (χ1n) is 4.11. The summed E-state index contributed by atoms with van der Waals surface area (Å²) in [6.07, 6.45) is 1.69. The number of carbonyl (C=O) groups excluding carboxylic acids is 1. The third-order valence-corrected chi connectivity index (χ3v) is 2.62. The van der Waals surface area contributed by atoms with E-state index in [1.807, 2.05) is 0 Å². The standard InChI is InChI=1S/C8H14BrNO2/c1-8(12)3-2-4-10(6-8)7(11)5-9/h12H,2-6H2,1H3. The van der Waals surface area contributed by atoms with Gasteiger partial charge in [-0.3, -0.25) is 4.79 Å². The minimum absolute atomic E-state index is 0.0648. The third-order valence-electron chi connectivity index (χ3n) is 2.14. The maximum atomic E-state index is 11.2. The van der Waals surface area contributed by atoms with Crippen LogP contribution in [-0.4, -0.2) is 39.9 Å². The summed E-state index contributed by atoms with van der Waals surface area (Å²) in [5.74, 6) is 0.0648. The summed E-state index contributed by atoms with van der Waals surface area (Å²) >= 11 is 3.11. The molecule has 0 bridgehead atoms. The van der Waals surface area contributed by atoms with Gasteiger partial charge >= 0.3 is 0 Å². The van der Waals surface area contributed by atoms with Crippen LogP contribution in [0.4, 0.5) is 0 Å². The van der Waals surface area contributed by atoms with E-state index in [-0.39, 0.29) is 5.91 Å². The van der Waals surface area contributed by atoms with Gasteiger partial charge in [-0.05, 0) is 19.8 Å². The third kappa shape index (κ3) is 2.45. The van der Waals surface area contributed by atoms with Crippen LogP contribution in [0.25, 0.3) is 0 Å². The van der Waals surface area contributed by atoms with Crippen LogP contribution in [0, 0.1) is 0 Å². The maximum absolute atomic E-state index is 11.2. The molecular weight excluding hydrogens is 222 g/mol. The fourth-order valence-electron chi connectivity index (χ4n) is 1.52. The molecule has 1 N–H and O–H groups in total. The summed E-state index contributed by atoms with van der Waals surface area (Å²) in [5.41, 5.74) is -0.684. The molecule has 0 aromatic rings. The Morgan fingerprint density at radius 1 is 1.75 bits per heavy atom. The van der Waals surface area contributed by atoms with Crippen LogP contribution < -0.4 is 0 Å². The second-order valence-corrected chi connectivity index (χ2v) is 4.11. The van der Waals surface area contributed by atoms with Crippen molar-refractivity contribution in [1.82, 2.24) is 4.90 Å². The van der Waals surface area contributed by atoms with Crippen molar-refractivity contribution in [2.24, 2.45) is 0 Å². The Kier molecular flexibility index (Phi) is 3.12. The first-order chi connectivity index (χ1) is 5.55. The molecule has 0 saturated carbocycles. The van der Waals surface area contributed by atoms with Crippen LogP contribution in [0.15, 0.2) is 0 Å². The van der Waals surface area contributed by atoms with Gasteiger partial charge in [0.15, 0.2) is 0 Å². The highest BCUT2D eigenvalue weighted by molar-refractivity contribution is 9.09. The van der Waals surface area contributed by atoms with Gasteiger partial charge in [0.1, 0.15) is 0 Å². The molecule has 0 aromatic heterocycles. The van der Waals surface area contributed by atoms with Crippen LogP contribution in [0.5, 0.6) is 0 Å². The summed E-state index contributed by atoms with van der Waals surface area (Å²) in [6, 6.07) is 0. The molecule has 0 spiro atoms. The molecule has 1 aliphatic rings. The molecule has 3 nitrogen and oxygen atoms in total. The predicted molar refractivity (Wildman–Crippen MR) is 50.2 cm³/mol. The largest absolute Gasteiger partial charge is 0.388 e. The van der Waals surface area contributed by atoms with E-state index in [0.717, 1.165) is 19.4 Å². The lowest BCUT2D eigenvalue weighted by molar-refractivity contribution is -0.134. The Balaban J connectivity index is 2.52. The number of aliphatic hydroxyl groups is 1. The summed E-state index contributed by atoms with van der Waals surface area (Å²) in [6.45, 7) is 3.03. The highest BCUT2D eigenvalue weighted by Gasteiger charge is 2.30. The zero-order valence-electron chi connectivity index (χ0n) is 7.22. The lowest BCUT2D eigenvalue weighted by Gasteiger charge is -2.36. The predicted octanol–water partition coefficient (Wildman–Crippen LogP) is 0.755. The molecule has 70 valence electrons. The zero-order valence-corrected chi connectivity index (χ0v) is 8.80. The van der Waals surface area contributed by atoms with E-state index in [4.69, 9.17) is 0 Å². The lowest BCUT2D eigenvalue weighted by atomic mass is 9.95. The van der Waals surface area contributed by atoms with Gasteiger partial charge in [0, 0.05) is 13.1 Å². The molecule has 1 unspecified atom stereocenters. The van der Waals surface area contributed by atoms with Crippen LogP contribution >= 0.6 is 15.9 Å². The molecule has 4 heteroatoms. The summed E-state index contributed by atoms with van der Waals surface area (Å²) in [5, 5.41) is 10.0. The van der Waals surface area contributed by atoms with Gasteiger partial charge in [-0.15, -0.1) is 0 Å². The van der Waals surface area contributed by atoms with E-state index in [1.54, 1.807) is 11.8 Å². The Hall–Kier alpha value is -0.0900. The Morgan fingerprint density at radius 3 is 2.92 bits per heavy atom. The van der Waals surface area contributed by atoms with Gasteiger partial charge in [-0.1, -0.05) is 15.9 Å². The number of halogens is 1. The van der Waals surface area contributed by atoms with Crippen LogP contribution in [0.2, 0.25) is 0 Å². The minimum atomic E-state index is -0.684. The highest BCUT2D eigenvalue weighted by Crippen LogP contribution is 2.20. The van der Waals surface area contributed by atoms with E-state index in [0.29, 0.717) is 11.9 Å². The molecule has 0 aromatic carbocycles. The number of nitrogens with zero attached hydrogens (tertiary/aromatic N) is 1. The van der Waals surface area contributed by atoms with Crippen molar-refractivity contribution in [3.8, 4) is 0 Å². The molecule has 1 atom stereocenters. The molecule has 1 rings (SSSR count). The highest BCUT2D eigenvalue weighted by atomic mass is 79.9. The van der Waals surface area contributed by atoms with Gasteiger partial charge in [0.2, 0.25) is 5.91 Å². The molecule has 0 aliphatic carbocycles. The number of hydrogen-bond acceptors (Lipinski definition) is 2. The van der Waals surface area contributed by atoms with Crippen molar-refractivity contribution in [1.29, 1.82) is 0 Å². The fourth-order valence-corrected chi connectivity index (χ4v) is 1.87. The smallest absolute Gasteiger partial charge is 0.233 e. The fraction of sp³-hybridized carbons (Fsp3) is 0.875. The van der Waals surface area contributed by atoms with E-state index < -0.39 is 5.60 Å². The second kappa shape index (κ2) is 3.75. The molecule has 1 saturated heterocycles. The molecule has 1 fully saturated rings. The Labute approximate surface area is 80.9 Å². The average Bonchev–Trinajstić information content (AvgIpc) is 2.01. The van der Waals surface area contributed by atoms with Crippen LogP contribution in [-0.2, 0) is 4.79 Å². The van der Waals surface area contributed by atoms with Crippen molar-refractivity contribution in [3.05, 3.63) is 0 Å². The van der Waals surface area contributed by atoms with E-state index in [9.17, 15) is 9.90 Å². The minimum Gasteiger partial charge on any atom is -0.388 e. The molecule has 12 heavy (non-hydrogen) atoms. The Bertz CT molecular complexity index is 182. The number of alkyl halides is 1. The quantitative estimate of drug-likeness (QED) is 0.682. The van der Waals surface area contributed by atoms with E-state index in [1.165, 1.54) is 0 Å². The Morgan fingerprint density at radius 2 is 2.42 bits per heavy atom. The number of likely N-dealkylation sites (tertiary alicyclic amines) is 1. The van der Waals surface area contributed by atoms with Gasteiger partial charge in [0.25, 0.3) is 0 Å². The molecule has 0 radical (unpaired) electrons. The monoisotopic (exact) mass is 235 g/mol. The first kappa shape index (κ1) is 9.99. The van der Waals surface area contributed by atoms with Crippen molar-refractivity contribution in [2.45, 2.75) is 25.4 Å². The topological polar surface area (TPSA) is 40.5 Å². The number of carbonyl (C=O) groups is 1. The van der Waals surface area contributed by atoms with E-state index >= 15 is 0 Å². The molecule has 1 heterocycles. The zero-order chi connectivity index (χ0) is 9.19. The SMILES string of the molecule is CC1(O)CCCN(C(=O)CBr)C1. The van der Waals surface area contributed by atoms with Gasteiger partial charge < -0.3 is 10.0 Å². The van der Waals surface area contributed by atoms with Crippen LogP contribution in [0.3, 0.4) is 0 Å². The number of amides is 1. The molecule has 1 amide bonds. The average molecular weight is 236 g/mol. The van der Waals surface area contributed by atoms with Gasteiger partial charge in [-0.2, -0.15) is 0 Å². The first-order valence-corrected chi connectivity index (χ1v) is 5.23. The van der Waals surface area contributed by atoms with Gasteiger partial charge in [-0.25, -0.2) is 0 Å². The van der Waals surface area contributed by atoms with Crippen molar-refractivity contribution in [2.75, 3.05) is 18.4 Å². The number of rotatable bonds is 1. The lowest BCUT2D eigenvalue weighted by Crippen LogP contribution is -2.48.